The monoisotopic (exact) mass is 508 g/mol. The van der Waals surface area contributed by atoms with Gasteiger partial charge in [-0.25, -0.2) is 0 Å². The van der Waals surface area contributed by atoms with E-state index in [4.69, 9.17) is 4.74 Å². The summed E-state index contributed by atoms with van der Waals surface area (Å²) < 4.78 is 5.51. The van der Waals surface area contributed by atoms with Crippen LogP contribution in [0.5, 0.6) is 11.5 Å². The van der Waals surface area contributed by atoms with Crippen LogP contribution in [0.15, 0.2) is 54.1 Å². The van der Waals surface area contributed by atoms with E-state index in [1.807, 2.05) is 102 Å². The second-order valence-electron chi connectivity index (χ2n) is 9.05. The molecule has 0 amide bonds. The minimum atomic E-state index is -0.553. The number of aromatic hydroxyl groups is 1. The first kappa shape index (κ1) is 29.2. The fourth-order valence-corrected chi connectivity index (χ4v) is 3.51. The fourth-order valence-electron chi connectivity index (χ4n) is 3.51. The van der Waals surface area contributed by atoms with Crippen molar-refractivity contribution in [2.75, 3.05) is 0 Å². The Kier molecular flexibility index (Phi) is 11.6. The summed E-state index contributed by atoms with van der Waals surface area (Å²) in [6.07, 6.45) is 19.2. The molecule has 180 valence electrons. The Balaban J connectivity index is 0.000000640. The Morgan fingerprint density at radius 1 is 0.771 bits per heavy atom. The molecule has 2 aliphatic carbocycles. The summed E-state index contributed by atoms with van der Waals surface area (Å²) in [7, 11) is 0. The molecular formula is C31H32FeO3+2. The van der Waals surface area contributed by atoms with Gasteiger partial charge in [0.15, 0.2) is 0 Å². The van der Waals surface area contributed by atoms with Gasteiger partial charge in [0.05, 0.1) is 5.41 Å². The van der Waals surface area contributed by atoms with E-state index in [9.17, 15) is 9.90 Å². The van der Waals surface area contributed by atoms with Crippen molar-refractivity contribution in [3.8, 4) is 11.5 Å². The molecule has 35 heavy (non-hydrogen) atoms. The Hall–Kier alpha value is -2.03. The van der Waals surface area contributed by atoms with E-state index in [1.165, 1.54) is 11.5 Å². The molecule has 1 N–H and O–H groups in total. The maximum Gasteiger partial charge on any atom is 2.00 e. The zero-order valence-corrected chi connectivity index (χ0v) is 21.7. The first-order chi connectivity index (χ1) is 16.3. The summed E-state index contributed by atoms with van der Waals surface area (Å²) in [5.74, 6) is 1.69. The van der Waals surface area contributed by atoms with Crippen LogP contribution in [0, 0.1) is 69.1 Å². The predicted octanol–water partition coefficient (Wildman–Crippen LogP) is 6.98. The molecule has 10 radical (unpaired) electrons. The molecule has 2 aromatic rings. The van der Waals surface area contributed by atoms with Gasteiger partial charge in [-0.1, -0.05) is 36.8 Å². The van der Waals surface area contributed by atoms with Gasteiger partial charge in [-0.15, -0.1) is 0 Å². The van der Waals surface area contributed by atoms with E-state index in [-0.39, 0.29) is 28.8 Å². The Morgan fingerprint density at radius 2 is 1.23 bits per heavy atom. The van der Waals surface area contributed by atoms with Gasteiger partial charge >= 0.3 is 23.0 Å². The molecule has 0 unspecified atom stereocenters. The second-order valence-corrected chi connectivity index (χ2v) is 9.05. The molecule has 4 rings (SSSR count). The molecule has 2 saturated carbocycles. The van der Waals surface area contributed by atoms with Gasteiger partial charge in [0.1, 0.15) is 11.5 Å². The van der Waals surface area contributed by atoms with Crippen LogP contribution in [0.4, 0.5) is 0 Å². The van der Waals surface area contributed by atoms with E-state index in [1.54, 1.807) is 12.1 Å². The summed E-state index contributed by atoms with van der Waals surface area (Å²) in [5.41, 5.74) is 3.83. The third kappa shape index (κ3) is 8.54. The second kappa shape index (κ2) is 13.9. The largest absolute Gasteiger partial charge is 2.00 e. The Bertz CT molecular complexity index is 935. The number of phenols is 1. The summed E-state index contributed by atoms with van der Waals surface area (Å²) in [5, 5.41) is 9.71. The van der Waals surface area contributed by atoms with Gasteiger partial charge in [0.25, 0.3) is 0 Å². The van der Waals surface area contributed by atoms with Crippen LogP contribution in [0.2, 0.25) is 0 Å². The zero-order valence-electron chi connectivity index (χ0n) is 20.6. The van der Waals surface area contributed by atoms with Crippen LogP contribution in [-0.2, 0) is 21.9 Å². The summed E-state index contributed by atoms with van der Waals surface area (Å²) in [4.78, 5) is 12.2. The average molecular weight is 508 g/mol. The summed E-state index contributed by atoms with van der Waals surface area (Å²) in [6.45, 7) is 7.65. The molecule has 0 aliphatic heterocycles. The zero-order chi connectivity index (χ0) is 24.6. The van der Waals surface area contributed by atoms with E-state index >= 15 is 0 Å². The SMILES string of the molecule is CC/C([C]1[CH][CH][CH][CH]1)=C(/c1ccc(O)cc1)c1ccc(OC(=O)C(C)(C)C)cc1.[CH]1[CH][CH][CH][CH]1.[Fe+2]. The number of phenolic OH excluding ortho intramolecular Hbond substituents is 1. The first-order valence-electron chi connectivity index (χ1n) is 11.5. The third-order valence-corrected chi connectivity index (χ3v) is 5.34. The number of hydrogen-bond donors (Lipinski definition) is 1. The number of esters is 1. The molecule has 0 atom stereocenters. The molecule has 3 nitrogen and oxygen atoms in total. The van der Waals surface area contributed by atoms with Crippen molar-refractivity contribution < 1.29 is 31.7 Å². The molecule has 0 bridgehead atoms. The maximum atomic E-state index is 12.2. The third-order valence-electron chi connectivity index (χ3n) is 5.34. The number of hydrogen-bond acceptors (Lipinski definition) is 3. The maximum absolute atomic E-state index is 12.2. The van der Waals surface area contributed by atoms with E-state index in [0.717, 1.165) is 23.1 Å². The van der Waals surface area contributed by atoms with Gasteiger partial charge in [-0.05, 0) is 126 Å². The minimum Gasteiger partial charge on any atom is -0.508 e. The fraction of sp³-hybridized carbons (Fsp3) is 0.194. The number of carbonyl (C=O) groups excluding carboxylic acids is 1. The number of benzene rings is 2. The number of carbonyl (C=O) groups is 1. The molecule has 0 saturated heterocycles. The van der Waals surface area contributed by atoms with Crippen molar-refractivity contribution in [3.05, 3.63) is 129 Å². The van der Waals surface area contributed by atoms with Crippen LogP contribution in [0.25, 0.3) is 5.57 Å². The van der Waals surface area contributed by atoms with Gasteiger partial charge < -0.3 is 9.84 Å². The summed E-state index contributed by atoms with van der Waals surface area (Å²) in [6, 6.07) is 14.9. The molecule has 2 aromatic carbocycles. The van der Waals surface area contributed by atoms with Crippen LogP contribution in [0.3, 0.4) is 0 Å². The van der Waals surface area contributed by atoms with Crippen LogP contribution >= 0.6 is 0 Å². The van der Waals surface area contributed by atoms with Gasteiger partial charge in [0, 0.05) is 5.92 Å². The minimum absolute atomic E-state index is 0. The number of rotatable bonds is 5. The van der Waals surface area contributed by atoms with Crippen molar-refractivity contribution in [1.82, 2.24) is 0 Å². The van der Waals surface area contributed by atoms with Gasteiger partial charge in [0.2, 0.25) is 0 Å². The molecular weight excluding hydrogens is 476 g/mol. The number of allylic oxidation sites excluding steroid dienone is 1. The first-order valence-corrected chi connectivity index (χ1v) is 11.5. The standard InChI is InChI=1S/C26H27O3.C5H5.Fe/c1-5-23(18-8-6-7-9-18)24(19-10-14-21(27)15-11-19)20-12-16-22(17-13-20)29-25(28)26(2,3)4;1-2-4-5-3-1;/h6-17,27H,5H2,1-4H3;1-5H;/q;;+2/b24-23+;;. The average Bonchev–Trinajstić information content (AvgIpc) is 3.55. The quantitative estimate of drug-likeness (QED) is 0.269. The van der Waals surface area contributed by atoms with Gasteiger partial charge in [-0.2, -0.15) is 0 Å². The van der Waals surface area contributed by atoms with Crippen molar-refractivity contribution in [1.29, 1.82) is 0 Å². The van der Waals surface area contributed by atoms with Crippen molar-refractivity contribution >= 4 is 11.5 Å². The van der Waals surface area contributed by atoms with Gasteiger partial charge in [-0.3, -0.25) is 4.79 Å². The van der Waals surface area contributed by atoms with Crippen molar-refractivity contribution in [3.63, 3.8) is 0 Å². The molecule has 2 fully saturated rings. The summed E-state index contributed by atoms with van der Waals surface area (Å²) >= 11 is 0. The van der Waals surface area contributed by atoms with E-state index in [0.29, 0.717) is 5.75 Å². The van der Waals surface area contributed by atoms with Crippen LogP contribution < -0.4 is 4.74 Å². The van der Waals surface area contributed by atoms with Crippen molar-refractivity contribution in [2.24, 2.45) is 5.41 Å². The normalized spacial score (nSPS) is 16.6. The smallest absolute Gasteiger partial charge is 0.508 e. The van der Waals surface area contributed by atoms with Crippen LogP contribution in [-0.4, -0.2) is 11.1 Å². The molecule has 2 aliphatic rings. The number of ether oxygens (including phenoxy) is 1. The topological polar surface area (TPSA) is 46.5 Å². The van der Waals surface area contributed by atoms with E-state index < -0.39 is 5.41 Å². The molecule has 0 aromatic heterocycles. The molecule has 0 heterocycles. The van der Waals surface area contributed by atoms with Crippen molar-refractivity contribution in [2.45, 2.75) is 34.1 Å². The molecule has 4 heteroatoms. The van der Waals surface area contributed by atoms with Crippen LogP contribution in [0.1, 0.15) is 45.2 Å². The Morgan fingerprint density at radius 3 is 1.66 bits per heavy atom. The predicted molar refractivity (Wildman–Crippen MR) is 138 cm³/mol. The van der Waals surface area contributed by atoms with E-state index in [2.05, 4.69) is 19.8 Å². The molecule has 0 spiro atoms. The Labute approximate surface area is 222 Å².